The normalized spacial score (nSPS) is 22.1. The first-order valence-electron chi connectivity index (χ1n) is 6.33. The third-order valence-electron chi connectivity index (χ3n) is 4.03. The molecule has 1 atom stereocenters. The zero-order valence-electron chi connectivity index (χ0n) is 10.9. The average molecular weight is 446 g/mol. The van der Waals surface area contributed by atoms with Crippen molar-refractivity contribution >= 4 is 53.3 Å². The topological polar surface area (TPSA) is 47.0 Å². The van der Waals surface area contributed by atoms with Gasteiger partial charge in [-0.1, -0.05) is 43.5 Å². The Morgan fingerprint density at radius 2 is 2.10 bits per heavy atom. The van der Waals surface area contributed by atoms with Gasteiger partial charge in [-0.3, -0.25) is 4.98 Å². The third kappa shape index (κ3) is 3.57. The Balaban J connectivity index is 2.29. The van der Waals surface area contributed by atoms with E-state index in [0.29, 0.717) is 10.8 Å². The second-order valence-electron chi connectivity index (χ2n) is 5.37. The second kappa shape index (κ2) is 6.63. The predicted octanol–water partition coefficient (Wildman–Crippen LogP) is 3.49. The highest BCUT2D eigenvalue weighted by atomic mass is 79.9. The van der Waals surface area contributed by atoms with Crippen molar-refractivity contribution < 1.29 is 8.42 Å². The molecule has 3 nitrogen and oxygen atoms in total. The highest BCUT2D eigenvalue weighted by molar-refractivity contribution is 9.09. The summed E-state index contributed by atoms with van der Waals surface area (Å²) < 4.78 is 23.5. The summed E-state index contributed by atoms with van der Waals surface area (Å²) in [5, 5.41) is 2.12. The Bertz CT molecular complexity index is 575. The van der Waals surface area contributed by atoms with Gasteiger partial charge in [-0.2, -0.15) is 0 Å². The minimum Gasteiger partial charge on any atom is -0.263 e. The van der Waals surface area contributed by atoms with Crippen molar-refractivity contribution in [2.45, 2.75) is 12.8 Å². The highest BCUT2D eigenvalue weighted by Gasteiger charge is 2.43. The predicted molar refractivity (Wildman–Crippen MR) is 89.7 cm³/mol. The van der Waals surface area contributed by atoms with Crippen molar-refractivity contribution in [1.82, 2.24) is 4.98 Å². The summed E-state index contributed by atoms with van der Waals surface area (Å²) >= 11 is 13.4. The van der Waals surface area contributed by atoms with Gasteiger partial charge >= 0.3 is 0 Å². The second-order valence-corrected chi connectivity index (χ2v) is 9.13. The summed E-state index contributed by atoms with van der Waals surface area (Å²) in [7, 11) is -2.89. The Morgan fingerprint density at radius 3 is 2.60 bits per heavy atom. The molecular weight excluding hydrogens is 429 g/mol. The molecule has 7 heteroatoms. The van der Waals surface area contributed by atoms with Gasteiger partial charge in [0.2, 0.25) is 0 Å². The fourth-order valence-corrected chi connectivity index (χ4v) is 7.07. The SMILES string of the molecule is O=S1(=O)CCC(C(CBr)(CBr)Cc2ccncc2Cl)C1. The lowest BCUT2D eigenvalue weighted by atomic mass is 9.74. The number of alkyl halides is 2. The van der Waals surface area contributed by atoms with Gasteiger partial charge in [0.1, 0.15) is 0 Å². The van der Waals surface area contributed by atoms with Gasteiger partial charge in [0.15, 0.2) is 9.84 Å². The number of halogens is 3. The number of nitrogens with zero attached hydrogens (tertiary/aromatic N) is 1. The average Bonchev–Trinajstić information content (AvgIpc) is 2.79. The standard InChI is InChI=1S/C13H16Br2ClNO2S/c14-8-13(9-15,11-2-4-20(18,19)7-11)5-10-1-3-17-6-12(10)16/h1,3,6,11H,2,4-5,7-9H2. The van der Waals surface area contributed by atoms with Crippen LogP contribution in [-0.2, 0) is 16.3 Å². The lowest BCUT2D eigenvalue weighted by Gasteiger charge is -2.36. The Hall–Kier alpha value is 0.350. The molecule has 0 N–H and O–H groups in total. The van der Waals surface area contributed by atoms with Crippen LogP contribution in [0.5, 0.6) is 0 Å². The van der Waals surface area contributed by atoms with Crippen molar-refractivity contribution in [1.29, 1.82) is 0 Å². The molecule has 1 saturated heterocycles. The Morgan fingerprint density at radius 1 is 1.40 bits per heavy atom. The maximum Gasteiger partial charge on any atom is 0.150 e. The number of pyridine rings is 1. The van der Waals surface area contributed by atoms with Crippen LogP contribution in [-0.4, -0.2) is 35.6 Å². The van der Waals surface area contributed by atoms with Crippen LogP contribution in [0.15, 0.2) is 18.5 Å². The fourth-order valence-electron chi connectivity index (χ4n) is 2.70. The molecule has 0 spiro atoms. The Labute approximate surface area is 141 Å². The molecule has 20 heavy (non-hydrogen) atoms. The van der Waals surface area contributed by atoms with E-state index in [9.17, 15) is 8.42 Å². The van der Waals surface area contributed by atoms with E-state index in [1.165, 1.54) is 0 Å². The fraction of sp³-hybridized carbons (Fsp3) is 0.615. The zero-order valence-corrected chi connectivity index (χ0v) is 15.6. The molecule has 0 aromatic carbocycles. The van der Waals surface area contributed by atoms with Crippen LogP contribution < -0.4 is 0 Å². The summed E-state index contributed by atoms with van der Waals surface area (Å²) in [4.78, 5) is 4.00. The van der Waals surface area contributed by atoms with Crippen molar-refractivity contribution in [2.24, 2.45) is 11.3 Å². The molecule has 0 saturated carbocycles. The van der Waals surface area contributed by atoms with E-state index in [2.05, 4.69) is 36.8 Å². The van der Waals surface area contributed by atoms with Crippen LogP contribution in [0.2, 0.25) is 5.02 Å². The van der Waals surface area contributed by atoms with E-state index in [-0.39, 0.29) is 17.1 Å². The number of rotatable bonds is 5. The molecule has 1 aliphatic rings. The molecule has 1 aromatic rings. The molecule has 0 aliphatic carbocycles. The minimum absolute atomic E-state index is 0.144. The largest absolute Gasteiger partial charge is 0.263 e. The van der Waals surface area contributed by atoms with Crippen molar-refractivity contribution in [3.63, 3.8) is 0 Å². The quantitative estimate of drug-likeness (QED) is 0.652. The first kappa shape index (κ1) is 16.7. The van der Waals surface area contributed by atoms with Crippen molar-refractivity contribution in [3.8, 4) is 0 Å². The maximum absolute atomic E-state index is 11.8. The molecule has 0 radical (unpaired) electrons. The van der Waals surface area contributed by atoms with Gasteiger partial charge in [-0.05, 0) is 35.8 Å². The smallest absolute Gasteiger partial charge is 0.150 e. The molecule has 2 rings (SSSR count). The number of hydrogen-bond acceptors (Lipinski definition) is 3. The first-order chi connectivity index (χ1) is 9.42. The Kier molecular flexibility index (Phi) is 5.54. The van der Waals surface area contributed by atoms with Crippen LogP contribution >= 0.6 is 43.5 Å². The summed E-state index contributed by atoms with van der Waals surface area (Å²) in [5.74, 6) is 0.714. The van der Waals surface area contributed by atoms with Gasteiger partial charge in [0.05, 0.1) is 16.5 Å². The number of sulfone groups is 1. The summed E-state index contributed by atoms with van der Waals surface area (Å²) in [6.07, 6.45) is 4.82. The monoisotopic (exact) mass is 443 g/mol. The van der Waals surface area contributed by atoms with E-state index in [1.807, 2.05) is 6.07 Å². The molecule has 1 aliphatic heterocycles. The van der Waals surface area contributed by atoms with E-state index in [0.717, 1.165) is 29.1 Å². The minimum atomic E-state index is -2.89. The van der Waals surface area contributed by atoms with Crippen LogP contribution in [0, 0.1) is 11.3 Å². The zero-order chi connectivity index (χ0) is 14.8. The molecule has 1 unspecified atom stereocenters. The van der Waals surface area contributed by atoms with Gasteiger partial charge < -0.3 is 0 Å². The summed E-state index contributed by atoms with van der Waals surface area (Å²) in [6.45, 7) is 0. The summed E-state index contributed by atoms with van der Waals surface area (Å²) in [6, 6.07) is 1.91. The van der Waals surface area contributed by atoms with Crippen LogP contribution in [0.3, 0.4) is 0 Å². The van der Waals surface area contributed by atoms with Gasteiger partial charge in [0, 0.05) is 23.1 Å². The lowest BCUT2D eigenvalue weighted by Crippen LogP contribution is -2.37. The van der Waals surface area contributed by atoms with E-state index >= 15 is 0 Å². The highest BCUT2D eigenvalue weighted by Crippen LogP contribution is 2.42. The first-order valence-corrected chi connectivity index (χ1v) is 10.8. The van der Waals surface area contributed by atoms with Gasteiger partial charge in [0.25, 0.3) is 0 Å². The third-order valence-corrected chi connectivity index (χ3v) is 8.37. The van der Waals surface area contributed by atoms with E-state index in [4.69, 9.17) is 11.6 Å². The maximum atomic E-state index is 11.8. The van der Waals surface area contributed by atoms with Crippen LogP contribution in [0.4, 0.5) is 0 Å². The van der Waals surface area contributed by atoms with E-state index in [1.54, 1.807) is 12.4 Å². The number of hydrogen-bond donors (Lipinski definition) is 0. The molecule has 1 fully saturated rings. The van der Waals surface area contributed by atoms with Crippen LogP contribution in [0.1, 0.15) is 12.0 Å². The van der Waals surface area contributed by atoms with Gasteiger partial charge in [-0.15, -0.1) is 0 Å². The number of aromatic nitrogens is 1. The molecule has 0 amide bonds. The molecule has 112 valence electrons. The molecule has 1 aromatic heterocycles. The van der Waals surface area contributed by atoms with Gasteiger partial charge in [-0.25, -0.2) is 8.42 Å². The molecular formula is C13H16Br2ClNO2S. The van der Waals surface area contributed by atoms with E-state index < -0.39 is 9.84 Å². The summed E-state index contributed by atoms with van der Waals surface area (Å²) in [5.41, 5.74) is 0.874. The van der Waals surface area contributed by atoms with Crippen LogP contribution in [0.25, 0.3) is 0 Å². The lowest BCUT2D eigenvalue weighted by molar-refractivity contribution is 0.253. The van der Waals surface area contributed by atoms with Crippen molar-refractivity contribution in [3.05, 3.63) is 29.0 Å². The molecule has 0 bridgehead atoms. The van der Waals surface area contributed by atoms with Crippen molar-refractivity contribution in [2.75, 3.05) is 22.2 Å². The molecule has 2 heterocycles.